The molecule has 178 valence electrons. The van der Waals surface area contributed by atoms with Gasteiger partial charge in [-0.1, -0.05) is 30.8 Å². The fraction of sp³-hybridized carbons (Fsp3) is 0.259. The first-order chi connectivity index (χ1) is 17.0. The Bertz CT molecular complexity index is 1410. The van der Waals surface area contributed by atoms with Gasteiger partial charge < -0.3 is 18.6 Å². The molecule has 8 heteroatoms. The maximum absolute atomic E-state index is 11.6. The van der Waals surface area contributed by atoms with Gasteiger partial charge >= 0.3 is 5.97 Å². The largest absolute Gasteiger partial charge is 0.466 e. The Morgan fingerprint density at radius 2 is 2.09 bits per heavy atom. The van der Waals surface area contributed by atoms with Crippen molar-refractivity contribution in [3.63, 3.8) is 0 Å². The molecule has 0 spiro atoms. The van der Waals surface area contributed by atoms with Gasteiger partial charge in [-0.25, -0.2) is 0 Å². The molecule has 0 aliphatic heterocycles. The van der Waals surface area contributed by atoms with Crippen LogP contribution in [0.15, 0.2) is 65.5 Å². The summed E-state index contributed by atoms with van der Waals surface area (Å²) >= 11 is 0. The average Bonchev–Trinajstić information content (AvgIpc) is 3.52. The molecule has 8 nitrogen and oxygen atoms in total. The first-order valence-electron chi connectivity index (χ1n) is 11.5. The number of allylic oxidation sites excluding steroid dienone is 1. The maximum Gasteiger partial charge on any atom is 0.305 e. The molecule has 0 bridgehead atoms. The van der Waals surface area contributed by atoms with Gasteiger partial charge in [-0.15, -0.1) is 0 Å². The first-order valence-corrected chi connectivity index (χ1v) is 11.5. The Labute approximate surface area is 203 Å². The highest BCUT2D eigenvalue weighted by Gasteiger charge is 2.16. The topological polar surface area (TPSA) is 103 Å². The maximum atomic E-state index is 11.6. The minimum atomic E-state index is -0.182. The highest BCUT2D eigenvalue weighted by Crippen LogP contribution is 2.31. The quantitative estimate of drug-likeness (QED) is 0.211. The Hall–Kier alpha value is -4.38. The molecule has 0 atom stereocenters. The SMILES string of the molecule is C=C(CC)Oc1ccc(-c2nc(-c3cccc4c3ccn4CCCC(=O)OCC)no2)cc1C#N. The van der Waals surface area contributed by atoms with E-state index in [4.69, 9.17) is 14.0 Å². The number of aromatic nitrogens is 3. The number of nitrogens with zero attached hydrogens (tertiary/aromatic N) is 4. The molecule has 0 N–H and O–H groups in total. The number of carbonyl (C=O) groups is 1. The number of benzene rings is 2. The van der Waals surface area contributed by atoms with Crippen LogP contribution in [0.2, 0.25) is 0 Å². The van der Waals surface area contributed by atoms with E-state index in [9.17, 15) is 10.1 Å². The van der Waals surface area contributed by atoms with Gasteiger partial charge in [0.25, 0.3) is 5.89 Å². The summed E-state index contributed by atoms with van der Waals surface area (Å²) in [6.07, 6.45) is 3.70. The molecular weight excluding hydrogens is 444 g/mol. The molecule has 4 aromatic rings. The third kappa shape index (κ3) is 5.25. The second kappa shape index (κ2) is 10.7. The fourth-order valence-corrected chi connectivity index (χ4v) is 3.76. The zero-order chi connectivity index (χ0) is 24.8. The van der Waals surface area contributed by atoms with Crippen LogP contribution in [0.5, 0.6) is 5.75 Å². The molecule has 0 unspecified atom stereocenters. The lowest BCUT2D eigenvalue weighted by Gasteiger charge is -2.08. The van der Waals surface area contributed by atoms with Gasteiger partial charge in [-0.2, -0.15) is 10.2 Å². The van der Waals surface area contributed by atoms with Crippen LogP contribution in [0.1, 0.15) is 38.7 Å². The van der Waals surface area contributed by atoms with E-state index in [1.165, 1.54) is 0 Å². The first kappa shape index (κ1) is 23.8. The lowest BCUT2D eigenvalue weighted by Crippen LogP contribution is -2.05. The minimum Gasteiger partial charge on any atom is -0.466 e. The van der Waals surface area contributed by atoms with E-state index < -0.39 is 0 Å². The van der Waals surface area contributed by atoms with Gasteiger partial charge in [-0.3, -0.25) is 4.79 Å². The number of fused-ring (bicyclic) bond motifs is 1. The normalized spacial score (nSPS) is 10.8. The van der Waals surface area contributed by atoms with Crippen LogP contribution in [-0.4, -0.2) is 27.3 Å². The van der Waals surface area contributed by atoms with Crippen molar-refractivity contribution in [2.75, 3.05) is 6.61 Å². The van der Waals surface area contributed by atoms with E-state index in [1.54, 1.807) is 25.1 Å². The van der Waals surface area contributed by atoms with Crippen LogP contribution in [0.3, 0.4) is 0 Å². The molecule has 0 amide bonds. The van der Waals surface area contributed by atoms with Crippen LogP contribution in [-0.2, 0) is 16.1 Å². The number of esters is 1. The Kier molecular flexibility index (Phi) is 7.27. The summed E-state index contributed by atoms with van der Waals surface area (Å²) in [7, 11) is 0. The van der Waals surface area contributed by atoms with E-state index in [2.05, 4.69) is 27.4 Å². The van der Waals surface area contributed by atoms with Crippen molar-refractivity contribution in [1.29, 1.82) is 5.26 Å². The summed E-state index contributed by atoms with van der Waals surface area (Å²) in [6, 6.07) is 15.2. The number of hydrogen-bond donors (Lipinski definition) is 0. The molecule has 0 fully saturated rings. The van der Waals surface area contributed by atoms with Crippen LogP contribution in [0, 0.1) is 11.3 Å². The van der Waals surface area contributed by atoms with Crippen LogP contribution >= 0.6 is 0 Å². The average molecular weight is 471 g/mol. The summed E-state index contributed by atoms with van der Waals surface area (Å²) in [5.74, 6) is 1.60. The summed E-state index contributed by atoms with van der Waals surface area (Å²) in [5, 5.41) is 14.7. The van der Waals surface area contributed by atoms with Gasteiger partial charge in [0.05, 0.1) is 17.9 Å². The summed E-state index contributed by atoms with van der Waals surface area (Å²) < 4.78 is 18.3. The van der Waals surface area contributed by atoms with Crippen LogP contribution in [0.4, 0.5) is 0 Å². The molecule has 0 saturated carbocycles. The van der Waals surface area contributed by atoms with E-state index in [0.717, 1.165) is 16.5 Å². The van der Waals surface area contributed by atoms with Crippen molar-refractivity contribution >= 4 is 16.9 Å². The predicted octanol–water partition coefficient (Wildman–Crippen LogP) is 5.88. The zero-order valence-electron chi connectivity index (χ0n) is 19.8. The number of nitriles is 1. The summed E-state index contributed by atoms with van der Waals surface area (Å²) in [4.78, 5) is 16.2. The van der Waals surface area contributed by atoms with Crippen LogP contribution < -0.4 is 4.74 Å². The van der Waals surface area contributed by atoms with Crippen molar-refractivity contribution in [1.82, 2.24) is 14.7 Å². The van der Waals surface area contributed by atoms with Crippen molar-refractivity contribution in [2.45, 2.75) is 39.7 Å². The zero-order valence-corrected chi connectivity index (χ0v) is 19.8. The molecule has 2 aromatic carbocycles. The van der Waals surface area contributed by atoms with E-state index in [0.29, 0.717) is 66.8 Å². The molecule has 35 heavy (non-hydrogen) atoms. The molecule has 0 saturated heterocycles. The van der Waals surface area contributed by atoms with Crippen LogP contribution in [0.25, 0.3) is 33.7 Å². The van der Waals surface area contributed by atoms with Crippen molar-refractivity contribution < 1.29 is 18.8 Å². The smallest absolute Gasteiger partial charge is 0.305 e. The van der Waals surface area contributed by atoms with E-state index in [-0.39, 0.29) is 5.97 Å². The second-order valence-electron chi connectivity index (χ2n) is 7.90. The lowest BCUT2D eigenvalue weighted by molar-refractivity contribution is -0.143. The molecule has 0 aliphatic carbocycles. The van der Waals surface area contributed by atoms with Crippen molar-refractivity contribution in [3.05, 3.63) is 66.6 Å². The molecular formula is C27H26N4O4. The Morgan fingerprint density at radius 3 is 2.86 bits per heavy atom. The van der Waals surface area contributed by atoms with E-state index in [1.807, 2.05) is 37.4 Å². The molecule has 4 rings (SSSR count). The Balaban J connectivity index is 1.57. The van der Waals surface area contributed by atoms with Gasteiger partial charge in [0.15, 0.2) is 0 Å². The van der Waals surface area contributed by atoms with Gasteiger partial charge in [-0.05, 0) is 43.7 Å². The highest BCUT2D eigenvalue weighted by molar-refractivity contribution is 5.94. The molecule has 2 aromatic heterocycles. The number of carbonyl (C=O) groups excluding carboxylic acids is 1. The van der Waals surface area contributed by atoms with Gasteiger partial charge in [0, 0.05) is 47.6 Å². The van der Waals surface area contributed by atoms with Crippen molar-refractivity contribution in [2.24, 2.45) is 0 Å². The molecule has 0 aliphatic rings. The lowest BCUT2D eigenvalue weighted by atomic mass is 10.1. The number of ether oxygens (including phenoxy) is 2. The monoisotopic (exact) mass is 470 g/mol. The predicted molar refractivity (Wildman–Crippen MR) is 131 cm³/mol. The van der Waals surface area contributed by atoms with E-state index >= 15 is 0 Å². The van der Waals surface area contributed by atoms with Gasteiger partial charge in [0.1, 0.15) is 11.8 Å². The van der Waals surface area contributed by atoms with Gasteiger partial charge in [0.2, 0.25) is 5.82 Å². The number of hydrogen-bond acceptors (Lipinski definition) is 7. The molecule has 0 radical (unpaired) electrons. The number of aryl methyl sites for hydroxylation is 1. The fourth-order valence-electron chi connectivity index (χ4n) is 3.76. The second-order valence-corrected chi connectivity index (χ2v) is 7.90. The summed E-state index contributed by atoms with van der Waals surface area (Å²) in [5.41, 5.74) is 2.83. The third-order valence-electron chi connectivity index (χ3n) is 5.56. The van der Waals surface area contributed by atoms with Crippen molar-refractivity contribution in [3.8, 4) is 34.7 Å². The minimum absolute atomic E-state index is 0.182. The number of rotatable bonds is 10. The summed E-state index contributed by atoms with van der Waals surface area (Å²) in [6.45, 7) is 8.65. The third-order valence-corrected chi connectivity index (χ3v) is 5.56. The standard InChI is InChI=1S/C27H26N4O4/c1-4-18(3)34-24-12-11-19(16-20(24)17-28)27-29-26(30-35-27)22-8-6-9-23-21(22)13-15-31(23)14-7-10-25(32)33-5-2/h6,8-9,11-13,15-16H,3-5,7,10,14H2,1-2H3. The molecule has 2 heterocycles. The Morgan fingerprint density at radius 1 is 1.23 bits per heavy atom. The highest BCUT2D eigenvalue weighted by atomic mass is 16.5.